The first-order valence-corrected chi connectivity index (χ1v) is 9.98. The van der Waals surface area contributed by atoms with E-state index in [-0.39, 0.29) is 29.1 Å². The Morgan fingerprint density at radius 1 is 1.37 bits per heavy atom. The molecular formula is C19H17N5OS2. The molecule has 1 unspecified atom stereocenters. The van der Waals surface area contributed by atoms with Crippen molar-refractivity contribution in [1.82, 2.24) is 15.3 Å². The Morgan fingerprint density at radius 3 is 2.78 bits per heavy atom. The number of thiophene rings is 1. The van der Waals surface area contributed by atoms with Gasteiger partial charge in [0.2, 0.25) is 5.91 Å². The number of thioether (sulfide) groups is 1. The van der Waals surface area contributed by atoms with Gasteiger partial charge in [0.15, 0.2) is 5.16 Å². The minimum Gasteiger partial charge on any atom is -0.382 e. The lowest BCUT2D eigenvalue weighted by Crippen LogP contribution is -2.30. The van der Waals surface area contributed by atoms with Crippen molar-refractivity contribution in [2.75, 3.05) is 11.5 Å². The molecule has 0 saturated heterocycles. The van der Waals surface area contributed by atoms with E-state index < -0.39 is 0 Å². The van der Waals surface area contributed by atoms with Gasteiger partial charge in [-0.25, -0.2) is 9.97 Å². The summed E-state index contributed by atoms with van der Waals surface area (Å²) in [6, 6.07) is 13.8. The predicted octanol–water partition coefficient (Wildman–Crippen LogP) is 3.30. The molecule has 0 aliphatic rings. The fourth-order valence-corrected chi connectivity index (χ4v) is 3.84. The second-order valence-corrected chi connectivity index (χ2v) is 7.70. The molecular weight excluding hydrogens is 378 g/mol. The molecule has 0 radical (unpaired) electrons. The summed E-state index contributed by atoms with van der Waals surface area (Å²) in [4.78, 5) is 21.7. The van der Waals surface area contributed by atoms with Crippen LogP contribution in [0.2, 0.25) is 0 Å². The number of aromatic nitrogens is 2. The molecule has 0 aliphatic carbocycles. The van der Waals surface area contributed by atoms with E-state index in [1.807, 2.05) is 54.8 Å². The molecule has 2 heterocycles. The number of nitrogens with two attached hydrogens (primary N) is 1. The van der Waals surface area contributed by atoms with Crippen LogP contribution in [0.15, 0.2) is 53.1 Å². The number of carbonyl (C=O) groups is 1. The summed E-state index contributed by atoms with van der Waals surface area (Å²) in [7, 11) is 0. The highest BCUT2D eigenvalue weighted by atomic mass is 32.2. The van der Waals surface area contributed by atoms with Crippen molar-refractivity contribution in [3.63, 3.8) is 0 Å². The third-order valence-electron chi connectivity index (χ3n) is 3.79. The summed E-state index contributed by atoms with van der Waals surface area (Å²) < 4.78 is 0. The molecule has 3 N–H and O–H groups in total. The normalized spacial score (nSPS) is 11.6. The van der Waals surface area contributed by atoms with Crippen LogP contribution in [-0.2, 0) is 4.79 Å². The average Bonchev–Trinajstić information content (AvgIpc) is 3.20. The molecule has 1 aromatic carbocycles. The largest absolute Gasteiger partial charge is 0.382 e. The van der Waals surface area contributed by atoms with Crippen molar-refractivity contribution in [2.45, 2.75) is 18.1 Å². The van der Waals surface area contributed by atoms with E-state index in [9.17, 15) is 4.79 Å². The molecule has 0 aliphatic heterocycles. The van der Waals surface area contributed by atoms with Crippen LogP contribution in [0.1, 0.15) is 27.6 Å². The first kappa shape index (κ1) is 18.9. The van der Waals surface area contributed by atoms with Gasteiger partial charge in [0.25, 0.3) is 0 Å². The minimum absolute atomic E-state index is 0.117. The van der Waals surface area contributed by atoms with Gasteiger partial charge >= 0.3 is 0 Å². The van der Waals surface area contributed by atoms with Gasteiger partial charge in [-0.05, 0) is 23.9 Å². The summed E-state index contributed by atoms with van der Waals surface area (Å²) in [6.07, 6.45) is 1.36. The third kappa shape index (κ3) is 4.84. The monoisotopic (exact) mass is 395 g/mol. The lowest BCUT2D eigenvalue weighted by atomic mass is 10.0. The number of nitrogens with zero attached hydrogens (tertiary/aromatic N) is 3. The molecule has 3 rings (SSSR count). The highest BCUT2D eigenvalue weighted by Gasteiger charge is 2.18. The number of hydrogen-bond acceptors (Lipinski definition) is 7. The number of amides is 1. The summed E-state index contributed by atoms with van der Waals surface area (Å²) >= 11 is 2.78. The Balaban J connectivity index is 1.69. The van der Waals surface area contributed by atoms with Crippen LogP contribution in [0.3, 0.4) is 0 Å². The molecule has 6 nitrogen and oxygen atoms in total. The zero-order chi connectivity index (χ0) is 19.2. The number of nitrogens with one attached hydrogen (secondary N) is 1. The van der Waals surface area contributed by atoms with E-state index in [4.69, 9.17) is 11.0 Å². The molecule has 8 heteroatoms. The van der Waals surface area contributed by atoms with Crippen LogP contribution >= 0.6 is 23.1 Å². The van der Waals surface area contributed by atoms with Crippen molar-refractivity contribution in [2.24, 2.45) is 0 Å². The maximum Gasteiger partial charge on any atom is 0.231 e. The van der Waals surface area contributed by atoms with Crippen LogP contribution in [0.4, 0.5) is 5.82 Å². The number of benzene rings is 1. The Kier molecular flexibility index (Phi) is 6.06. The highest BCUT2D eigenvalue weighted by molar-refractivity contribution is 7.99. The first-order valence-electron chi connectivity index (χ1n) is 8.11. The van der Waals surface area contributed by atoms with Crippen molar-refractivity contribution in [1.29, 1.82) is 5.26 Å². The Morgan fingerprint density at radius 2 is 2.15 bits per heavy atom. The summed E-state index contributed by atoms with van der Waals surface area (Å²) in [5.74, 6) is 0.135. The SMILES string of the molecule is Cc1ccc(C(NC(=O)CSc2ncc(C#N)c(N)n2)c2cccs2)cc1. The van der Waals surface area contributed by atoms with Crippen molar-refractivity contribution in [3.8, 4) is 6.07 Å². The molecule has 1 amide bonds. The van der Waals surface area contributed by atoms with E-state index in [0.29, 0.717) is 5.16 Å². The predicted molar refractivity (Wildman–Crippen MR) is 107 cm³/mol. The van der Waals surface area contributed by atoms with E-state index >= 15 is 0 Å². The zero-order valence-electron chi connectivity index (χ0n) is 14.5. The Bertz CT molecular complexity index is 965. The smallest absolute Gasteiger partial charge is 0.231 e. The number of rotatable bonds is 6. The number of nitrogen functional groups attached to an aromatic ring is 1. The van der Waals surface area contributed by atoms with Crippen molar-refractivity contribution in [3.05, 3.63) is 69.5 Å². The Labute approximate surface area is 165 Å². The third-order valence-corrected chi connectivity index (χ3v) is 5.59. The standard InChI is InChI=1S/C19H17N5OS2/c1-12-4-6-13(7-5-12)17(15-3-2-8-26-15)23-16(25)11-27-19-22-10-14(9-20)18(21)24-19/h2-8,10,17H,11H2,1H3,(H,23,25)(H2,21,22,24). The van der Waals surface area contributed by atoms with Gasteiger partial charge < -0.3 is 11.1 Å². The molecule has 2 aromatic heterocycles. The lowest BCUT2D eigenvalue weighted by Gasteiger charge is -2.18. The maximum atomic E-state index is 12.5. The molecule has 0 saturated carbocycles. The molecule has 136 valence electrons. The number of anilines is 1. The second kappa shape index (κ2) is 8.66. The van der Waals surface area contributed by atoms with E-state index in [2.05, 4.69) is 15.3 Å². The molecule has 0 spiro atoms. The van der Waals surface area contributed by atoms with Crippen LogP contribution < -0.4 is 11.1 Å². The van der Waals surface area contributed by atoms with Gasteiger partial charge in [-0.15, -0.1) is 11.3 Å². The fourth-order valence-electron chi connectivity index (χ4n) is 2.40. The summed E-state index contributed by atoms with van der Waals surface area (Å²) in [6.45, 7) is 2.03. The number of nitriles is 1. The van der Waals surface area contributed by atoms with Crippen LogP contribution in [0, 0.1) is 18.3 Å². The number of carbonyl (C=O) groups excluding carboxylic acids is 1. The lowest BCUT2D eigenvalue weighted by molar-refractivity contribution is -0.119. The number of aryl methyl sites for hydroxylation is 1. The fraction of sp³-hybridized carbons (Fsp3) is 0.158. The van der Waals surface area contributed by atoms with Crippen molar-refractivity contribution >= 4 is 34.8 Å². The average molecular weight is 396 g/mol. The summed E-state index contributed by atoms with van der Waals surface area (Å²) in [5.41, 5.74) is 8.10. The summed E-state index contributed by atoms with van der Waals surface area (Å²) in [5, 5.41) is 14.3. The van der Waals surface area contributed by atoms with E-state index in [1.165, 1.54) is 23.5 Å². The van der Waals surface area contributed by atoms with Crippen LogP contribution in [0.25, 0.3) is 0 Å². The second-order valence-electron chi connectivity index (χ2n) is 5.78. The molecule has 0 fully saturated rings. The maximum absolute atomic E-state index is 12.5. The number of hydrogen-bond donors (Lipinski definition) is 2. The molecule has 1 atom stereocenters. The van der Waals surface area contributed by atoms with Gasteiger partial charge in [0, 0.05) is 4.88 Å². The Hall–Kier alpha value is -2.89. The van der Waals surface area contributed by atoms with Crippen LogP contribution in [-0.4, -0.2) is 21.6 Å². The van der Waals surface area contributed by atoms with Gasteiger partial charge in [-0.1, -0.05) is 47.7 Å². The topological polar surface area (TPSA) is 105 Å². The van der Waals surface area contributed by atoms with E-state index in [0.717, 1.165) is 10.4 Å². The van der Waals surface area contributed by atoms with Crippen LogP contribution in [0.5, 0.6) is 0 Å². The minimum atomic E-state index is -0.203. The zero-order valence-corrected chi connectivity index (χ0v) is 16.2. The highest BCUT2D eigenvalue weighted by Crippen LogP contribution is 2.26. The first-order chi connectivity index (χ1) is 13.1. The van der Waals surface area contributed by atoms with Gasteiger partial charge in [0.1, 0.15) is 17.5 Å². The van der Waals surface area contributed by atoms with Gasteiger partial charge in [-0.3, -0.25) is 4.79 Å². The molecule has 27 heavy (non-hydrogen) atoms. The van der Waals surface area contributed by atoms with E-state index in [1.54, 1.807) is 11.3 Å². The van der Waals surface area contributed by atoms with Gasteiger partial charge in [0.05, 0.1) is 18.0 Å². The molecule has 0 bridgehead atoms. The quantitative estimate of drug-likeness (QED) is 0.490. The van der Waals surface area contributed by atoms with Gasteiger partial charge in [-0.2, -0.15) is 5.26 Å². The molecule has 3 aromatic rings. The van der Waals surface area contributed by atoms with Crippen molar-refractivity contribution < 1.29 is 4.79 Å².